The van der Waals surface area contributed by atoms with E-state index in [1.165, 1.54) is 0 Å². The predicted molar refractivity (Wildman–Crippen MR) is 121 cm³/mol. The maximum absolute atomic E-state index is 5.83. The van der Waals surface area contributed by atoms with Gasteiger partial charge in [-0.3, -0.25) is 4.99 Å². The fourth-order valence-corrected chi connectivity index (χ4v) is 2.96. The lowest BCUT2D eigenvalue weighted by Crippen LogP contribution is -2.42. The Kier molecular flexibility index (Phi) is 11.5. The van der Waals surface area contributed by atoms with Crippen LogP contribution in [0.3, 0.4) is 0 Å². The summed E-state index contributed by atoms with van der Waals surface area (Å²) in [5.41, 5.74) is 0.954. The van der Waals surface area contributed by atoms with Crippen molar-refractivity contribution in [3.8, 4) is 5.75 Å². The fourth-order valence-electron chi connectivity index (χ4n) is 2.96. The molecule has 1 aromatic carbocycles. The van der Waals surface area contributed by atoms with Crippen LogP contribution in [0.15, 0.2) is 29.3 Å². The zero-order valence-corrected chi connectivity index (χ0v) is 18.9. The van der Waals surface area contributed by atoms with Crippen LogP contribution in [0.4, 0.5) is 5.69 Å². The second kappa shape index (κ2) is 14.2. The number of ether oxygens (including phenoxy) is 4. The van der Waals surface area contributed by atoms with Gasteiger partial charge in [0.05, 0.1) is 38.6 Å². The highest BCUT2D eigenvalue weighted by Crippen LogP contribution is 2.17. The van der Waals surface area contributed by atoms with Gasteiger partial charge in [-0.2, -0.15) is 0 Å². The molecule has 1 aliphatic heterocycles. The highest BCUT2D eigenvalue weighted by molar-refractivity contribution is 5.93. The molecule has 8 nitrogen and oxygen atoms in total. The van der Waals surface area contributed by atoms with Crippen LogP contribution in [0.2, 0.25) is 0 Å². The van der Waals surface area contributed by atoms with Crippen LogP contribution < -0.4 is 15.4 Å². The van der Waals surface area contributed by atoms with Crippen molar-refractivity contribution in [3.05, 3.63) is 24.3 Å². The zero-order chi connectivity index (χ0) is 21.6. The van der Waals surface area contributed by atoms with Crippen LogP contribution in [-0.4, -0.2) is 89.8 Å². The highest BCUT2D eigenvalue weighted by Gasteiger charge is 2.17. The molecule has 1 aliphatic rings. The van der Waals surface area contributed by atoms with Gasteiger partial charge >= 0.3 is 0 Å². The zero-order valence-electron chi connectivity index (χ0n) is 18.9. The van der Waals surface area contributed by atoms with Gasteiger partial charge in [-0.1, -0.05) is 0 Å². The van der Waals surface area contributed by atoms with Gasteiger partial charge in [0, 0.05) is 39.0 Å². The number of nitrogens with one attached hydrogen (secondary N) is 2. The standard InChI is InChI=1S/C22H38N4O4/c1-18(2)30-20-8-6-19(7-9-20)25-22(23-10-5-12-28-15-14-27-4)24-16-21-17-26(3)11-13-29-21/h6-9,18,21H,5,10-17H2,1-4H3,(H2,23,24,25). The third-order valence-electron chi connectivity index (χ3n) is 4.47. The van der Waals surface area contributed by atoms with Gasteiger partial charge in [0.2, 0.25) is 0 Å². The lowest BCUT2D eigenvalue weighted by molar-refractivity contribution is -0.0136. The molecule has 0 bridgehead atoms. The summed E-state index contributed by atoms with van der Waals surface area (Å²) in [5.74, 6) is 1.59. The molecule has 0 aromatic heterocycles. The number of nitrogens with zero attached hydrogens (tertiary/aromatic N) is 2. The molecule has 1 atom stereocenters. The minimum absolute atomic E-state index is 0.113. The van der Waals surface area contributed by atoms with Gasteiger partial charge in [0.25, 0.3) is 0 Å². The molecule has 1 unspecified atom stereocenters. The number of morpholine rings is 1. The van der Waals surface area contributed by atoms with Gasteiger partial charge in [-0.05, 0) is 51.6 Å². The highest BCUT2D eigenvalue weighted by atomic mass is 16.5. The SMILES string of the molecule is COCCOCCCNC(=NCC1CN(C)CCO1)Nc1ccc(OC(C)C)cc1. The van der Waals surface area contributed by atoms with Crippen LogP contribution in [0.25, 0.3) is 0 Å². The molecule has 0 aliphatic carbocycles. The lowest BCUT2D eigenvalue weighted by Gasteiger charge is -2.29. The summed E-state index contributed by atoms with van der Waals surface area (Å²) in [6.45, 7) is 9.95. The first-order valence-corrected chi connectivity index (χ1v) is 10.8. The van der Waals surface area contributed by atoms with E-state index in [0.29, 0.717) is 26.4 Å². The van der Waals surface area contributed by atoms with Crippen LogP contribution >= 0.6 is 0 Å². The molecular formula is C22H38N4O4. The van der Waals surface area contributed by atoms with Crippen LogP contribution in [-0.2, 0) is 14.2 Å². The van der Waals surface area contributed by atoms with E-state index in [9.17, 15) is 0 Å². The topological polar surface area (TPSA) is 76.6 Å². The van der Waals surface area contributed by atoms with Crippen molar-refractivity contribution < 1.29 is 18.9 Å². The van der Waals surface area contributed by atoms with Gasteiger partial charge in [-0.25, -0.2) is 0 Å². The van der Waals surface area contributed by atoms with Crippen molar-refractivity contribution in [1.29, 1.82) is 0 Å². The Labute approximate surface area is 180 Å². The Bertz CT molecular complexity index is 610. The van der Waals surface area contributed by atoms with Crippen molar-refractivity contribution >= 4 is 11.6 Å². The van der Waals surface area contributed by atoms with Crippen LogP contribution in [0.5, 0.6) is 5.75 Å². The number of hydrogen-bond acceptors (Lipinski definition) is 6. The summed E-state index contributed by atoms with van der Waals surface area (Å²) in [6.07, 6.45) is 1.15. The van der Waals surface area contributed by atoms with Gasteiger partial charge < -0.3 is 34.5 Å². The largest absolute Gasteiger partial charge is 0.491 e. The van der Waals surface area contributed by atoms with Crippen LogP contribution in [0, 0.1) is 0 Å². The minimum Gasteiger partial charge on any atom is -0.491 e. The smallest absolute Gasteiger partial charge is 0.195 e. The number of methoxy groups -OCH3 is 1. The first-order chi connectivity index (χ1) is 14.6. The maximum atomic E-state index is 5.83. The molecule has 1 fully saturated rings. The van der Waals surface area contributed by atoms with Gasteiger partial charge in [0.15, 0.2) is 5.96 Å². The first-order valence-electron chi connectivity index (χ1n) is 10.8. The van der Waals surface area contributed by atoms with E-state index in [4.69, 9.17) is 23.9 Å². The molecule has 1 saturated heterocycles. The van der Waals surface area contributed by atoms with Crippen molar-refractivity contribution in [3.63, 3.8) is 0 Å². The summed E-state index contributed by atoms with van der Waals surface area (Å²) in [6, 6.07) is 7.91. The summed E-state index contributed by atoms with van der Waals surface area (Å²) >= 11 is 0. The summed E-state index contributed by atoms with van der Waals surface area (Å²) < 4.78 is 22.0. The quantitative estimate of drug-likeness (QED) is 0.304. The summed E-state index contributed by atoms with van der Waals surface area (Å²) in [7, 11) is 3.79. The molecule has 0 amide bonds. The van der Waals surface area contributed by atoms with Crippen molar-refractivity contribution in [2.75, 3.05) is 72.1 Å². The van der Waals surface area contributed by atoms with E-state index in [0.717, 1.165) is 50.1 Å². The number of anilines is 1. The van der Waals surface area contributed by atoms with Crippen molar-refractivity contribution in [2.45, 2.75) is 32.5 Å². The Morgan fingerprint density at radius 3 is 2.73 bits per heavy atom. The summed E-state index contributed by atoms with van der Waals surface area (Å²) in [4.78, 5) is 7.02. The summed E-state index contributed by atoms with van der Waals surface area (Å²) in [5, 5.41) is 6.76. The average molecular weight is 423 g/mol. The molecule has 0 radical (unpaired) electrons. The molecule has 170 valence electrons. The maximum Gasteiger partial charge on any atom is 0.195 e. The monoisotopic (exact) mass is 422 g/mol. The van der Waals surface area contributed by atoms with Gasteiger partial charge in [0.1, 0.15) is 5.75 Å². The van der Waals surface area contributed by atoms with E-state index >= 15 is 0 Å². The second-order valence-corrected chi connectivity index (χ2v) is 7.65. The Balaban J connectivity index is 1.88. The number of likely N-dealkylation sites (N-methyl/N-ethyl adjacent to an activating group) is 1. The molecule has 0 saturated carbocycles. The van der Waals surface area contributed by atoms with Crippen LogP contribution in [0.1, 0.15) is 20.3 Å². The predicted octanol–water partition coefficient (Wildman–Crippen LogP) is 2.22. The fraction of sp³-hybridized carbons (Fsp3) is 0.682. The average Bonchev–Trinajstić information content (AvgIpc) is 2.72. The Morgan fingerprint density at radius 2 is 2.03 bits per heavy atom. The third-order valence-corrected chi connectivity index (χ3v) is 4.47. The minimum atomic E-state index is 0.113. The number of rotatable bonds is 12. The molecule has 2 N–H and O–H groups in total. The second-order valence-electron chi connectivity index (χ2n) is 7.65. The van der Waals surface area contributed by atoms with Crippen molar-refractivity contribution in [2.24, 2.45) is 4.99 Å². The molecule has 2 rings (SSSR count). The van der Waals surface area contributed by atoms with E-state index in [2.05, 4.69) is 22.6 Å². The molecular weight excluding hydrogens is 384 g/mol. The number of hydrogen-bond donors (Lipinski definition) is 2. The van der Waals surface area contributed by atoms with Gasteiger partial charge in [-0.15, -0.1) is 0 Å². The molecule has 1 heterocycles. The lowest BCUT2D eigenvalue weighted by atomic mass is 10.3. The Hall–Kier alpha value is -1.87. The molecule has 0 spiro atoms. The van der Waals surface area contributed by atoms with Crippen molar-refractivity contribution in [1.82, 2.24) is 10.2 Å². The third kappa shape index (κ3) is 10.2. The normalized spacial score (nSPS) is 17.9. The number of aliphatic imine (C=N–C) groups is 1. The molecule has 30 heavy (non-hydrogen) atoms. The molecule has 8 heteroatoms. The van der Waals surface area contributed by atoms with E-state index < -0.39 is 0 Å². The number of guanidine groups is 1. The first kappa shape index (κ1) is 24.4. The van der Waals surface area contributed by atoms with E-state index in [-0.39, 0.29) is 12.2 Å². The number of benzene rings is 1. The Morgan fingerprint density at radius 1 is 1.23 bits per heavy atom. The van der Waals surface area contributed by atoms with E-state index in [1.807, 2.05) is 38.1 Å². The van der Waals surface area contributed by atoms with E-state index in [1.54, 1.807) is 7.11 Å². The molecule has 1 aromatic rings.